The van der Waals surface area contributed by atoms with E-state index in [2.05, 4.69) is 22.0 Å². The number of halogens is 1. The first-order valence-electron chi connectivity index (χ1n) is 6.67. The van der Waals surface area contributed by atoms with Gasteiger partial charge in [-0.3, -0.25) is 4.79 Å². The normalized spacial score (nSPS) is 22.6. The van der Waals surface area contributed by atoms with Crippen LogP contribution in [0.4, 0.5) is 0 Å². The molecule has 2 aromatic rings. The third-order valence-electron chi connectivity index (χ3n) is 3.99. The number of hydrogen-bond acceptors (Lipinski definition) is 4. The molecule has 0 spiro atoms. The number of rotatable bonds is 2. The minimum Gasteiger partial charge on any atom is -0.338 e. The zero-order chi connectivity index (χ0) is 14.3. The highest BCUT2D eigenvalue weighted by atomic mass is 35.5. The molecule has 0 unspecified atom stereocenters. The summed E-state index contributed by atoms with van der Waals surface area (Å²) < 4.78 is 1.81. The molecule has 1 amide bonds. The van der Waals surface area contributed by atoms with Crippen molar-refractivity contribution >= 4 is 28.5 Å². The molecule has 0 N–H and O–H groups in total. The number of nitrogens with zero attached hydrogens (tertiary/aromatic N) is 5. The van der Waals surface area contributed by atoms with Crippen LogP contribution in [0, 0.1) is 5.92 Å². The Hall–Kier alpha value is -1.69. The van der Waals surface area contributed by atoms with Crippen LogP contribution in [0.2, 0.25) is 5.28 Å². The van der Waals surface area contributed by atoms with Gasteiger partial charge in [0.1, 0.15) is 0 Å². The van der Waals surface area contributed by atoms with E-state index in [4.69, 9.17) is 11.6 Å². The van der Waals surface area contributed by atoms with Crippen molar-refractivity contribution in [2.75, 3.05) is 6.54 Å². The summed E-state index contributed by atoms with van der Waals surface area (Å²) >= 11 is 5.84. The first-order valence-corrected chi connectivity index (χ1v) is 7.05. The molecule has 1 saturated heterocycles. The van der Waals surface area contributed by atoms with Crippen molar-refractivity contribution in [2.24, 2.45) is 5.92 Å². The van der Waals surface area contributed by atoms with Gasteiger partial charge in [-0.2, -0.15) is 10.1 Å². The van der Waals surface area contributed by atoms with E-state index in [9.17, 15) is 4.79 Å². The van der Waals surface area contributed by atoms with Crippen LogP contribution >= 0.6 is 11.6 Å². The first-order chi connectivity index (χ1) is 9.56. The van der Waals surface area contributed by atoms with E-state index in [1.54, 1.807) is 19.3 Å². The van der Waals surface area contributed by atoms with Gasteiger partial charge in [0.05, 0.1) is 24.2 Å². The summed E-state index contributed by atoms with van der Waals surface area (Å²) in [5.41, 5.74) is 0.715. The predicted octanol–water partition coefficient (Wildman–Crippen LogP) is 1.74. The molecule has 1 fully saturated rings. The van der Waals surface area contributed by atoms with Gasteiger partial charge < -0.3 is 4.90 Å². The summed E-state index contributed by atoms with van der Waals surface area (Å²) in [6, 6.07) is 0.157. The average Bonchev–Trinajstić information content (AvgIpc) is 2.95. The Labute approximate surface area is 121 Å². The lowest BCUT2D eigenvalue weighted by molar-refractivity contribution is -0.130. The van der Waals surface area contributed by atoms with Crippen LogP contribution in [0.3, 0.4) is 0 Å². The maximum atomic E-state index is 11.7. The summed E-state index contributed by atoms with van der Waals surface area (Å²) in [6.07, 6.45) is 4.41. The Kier molecular flexibility index (Phi) is 3.33. The van der Waals surface area contributed by atoms with Crippen molar-refractivity contribution in [1.82, 2.24) is 24.6 Å². The molecule has 6 nitrogen and oxygen atoms in total. The Bertz CT molecular complexity index is 655. The molecule has 3 heterocycles. The zero-order valence-corrected chi connectivity index (χ0v) is 12.2. The predicted molar refractivity (Wildman–Crippen MR) is 75.3 cm³/mol. The highest BCUT2D eigenvalue weighted by Gasteiger charge is 2.33. The van der Waals surface area contributed by atoms with Gasteiger partial charge in [0.15, 0.2) is 5.65 Å². The van der Waals surface area contributed by atoms with Crippen molar-refractivity contribution in [3.63, 3.8) is 0 Å². The Balaban J connectivity index is 1.92. The molecule has 20 heavy (non-hydrogen) atoms. The van der Waals surface area contributed by atoms with Crippen LogP contribution in [0.1, 0.15) is 20.3 Å². The van der Waals surface area contributed by atoms with Crippen molar-refractivity contribution in [3.05, 3.63) is 17.7 Å². The van der Waals surface area contributed by atoms with Gasteiger partial charge in [-0.25, -0.2) is 9.67 Å². The van der Waals surface area contributed by atoms with Crippen LogP contribution in [0.5, 0.6) is 0 Å². The van der Waals surface area contributed by atoms with Crippen molar-refractivity contribution in [2.45, 2.75) is 32.9 Å². The molecule has 0 aliphatic carbocycles. The Morgan fingerprint density at radius 2 is 2.30 bits per heavy atom. The van der Waals surface area contributed by atoms with Gasteiger partial charge in [0, 0.05) is 19.7 Å². The number of carbonyl (C=O) groups excluding carboxylic acids is 1. The molecule has 1 aliphatic rings. The zero-order valence-electron chi connectivity index (χ0n) is 11.5. The fourth-order valence-corrected chi connectivity index (χ4v) is 2.96. The second kappa shape index (κ2) is 5.01. The summed E-state index contributed by atoms with van der Waals surface area (Å²) in [7, 11) is 0. The highest BCUT2D eigenvalue weighted by molar-refractivity contribution is 6.28. The van der Waals surface area contributed by atoms with Crippen molar-refractivity contribution < 1.29 is 4.79 Å². The topological polar surface area (TPSA) is 63.9 Å². The molecule has 2 aromatic heterocycles. The first kappa shape index (κ1) is 13.3. The molecule has 2 atom stereocenters. The molecule has 0 saturated carbocycles. The maximum Gasteiger partial charge on any atom is 0.224 e. The van der Waals surface area contributed by atoms with Gasteiger partial charge in [0.2, 0.25) is 11.2 Å². The molecule has 0 radical (unpaired) electrons. The molecule has 106 valence electrons. The van der Waals surface area contributed by atoms with E-state index < -0.39 is 0 Å². The van der Waals surface area contributed by atoms with Crippen molar-refractivity contribution in [1.29, 1.82) is 0 Å². The SMILES string of the molecule is CC(=O)N1CC[C@@H](C)[C@H]1Cn1ncc2cnc(Cl)nc21. The van der Waals surface area contributed by atoms with Crippen LogP contribution < -0.4 is 0 Å². The standard InChI is InChI=1S/C13H16ClN5O/c1-8-3-4-18(9(2)20)11(8)7-19-12-10(6-16-19)5-15-13(14)17-12/h5-6,8,11H,3-4,7H2,1-2H3/t8-,11-/m1/s1. The van der Waals surface area contributed by atoms with Gasteiger partial charge >= 0.3 is 0 Å². The largest absolute Gasteiger partial charge is 0.338 e. The summed E-state index contributed by atoms with van der Waals surface area (Å²) in [5.74, 6) is 0.568. The van der Waals surface area contributed by atoms with E-state index in [1.807, 2.05) is 9.58 Å². The highest BCUT2D eigenvalue weighted by Crippen LogP contribution is 2.26. The van der Waals surface area contributed by atoms with E-state index in [0.29, 0.717) is 18.1 Å². The lowest BCUT2D eigenvalue weighted by Gasteiger charge is -2.25. The van der Waals surface area contributed by atoms with Crippen LogP contribution in [-0.2, 0) is 11.3 Å². The lowest BCUT2D eigenvalue weighted by atomic mass is 10.0. The Morgan fingerprint density at radius 3 is 3.05 bits per heavy atom. The summed E-state index contributed by atoms with van der Waals surface area (Å²) in [5, 5.41) is 5.41. The average molecular weight is 294 g/mol. The molecular formula is C13H16ClN5O. The molecule has 0 aromatic carbocycles. The number of amides is 1. The molecule has 0 bridgehead atoms. The third-order valence-corrected chi connectivity index (χ3v) is 4.18. The van der Waals surface area contributed by atoms with E-state index in [0.717, 1.165) is 18.4 Å². The maximum absolute atomic E-state index is 11.7. The summed E-state index contributed by atoms with van der Waals surface area (Å²) in [6.45, 7) is 5.24. The van der Waals surface area contributed by atoms with Crippen LogP contribution in [0.25, 0.3) is 11.0 Å². The third kappa shape index (κ3) is 2.24. The van der Waals surface area contributed by atoms with Gasteiger partial charge in [-0.15, -0.1) is 0 Å². The van der Waals surface area contributed by atoms with Gasteiger partial charge in [0.25, 0.3) is 0 Å². The monoisotopic (exact) mass is 293 g/mol. The second-order valence-corrected chi connectivity index (χ2v) is 5.63. The van der Waals surface area contributed by atoms with Gasteiger partial charge in [-0.05, 0) is 23.9 Å². The fourth-order valence-electron chi connectivity index (χ4n) is 2.83. The number of hydrogen-bond donors (Lipinski definition) is 0. The summed E-state index contributed by atoms with van der Waals surface area (Å²) in [4.78, 5) is 21.8. The smallest absolute Gasteiger partial charge is 0.224 e. The second-order valence-electron chi connectivity index (χ2n) is 5.29. The number of carbonyl (C=O) groups is 1. The van der Waals surface area contributed by atoms with E-state index in [-0.39, 0.29) is 17.2 Å². The minimum absolute atomic E-state index is 0.114. The van der Waals surface area contributed by atoms with Crippen LogP contribution in [-0.4, -0.2) is 43.1 Å². The molecular weight excluding hydrogens is 278 g/mol. The quantitative estimate of drug-likeness (QED) is 0.791. The number of fused-ring (bicyclic) bond motifs is 1. The Morgan fingerprint density at radius 1 is 1.50 bits per heavy atom. The van der Waals surface area contributed by atoms with E-state index in [1.165, 1.54) is 0 Å². The lowest BCUT2D eigenvalue weighted by Crippen LogP contribution is -2.39. The van der Waals surface area contributed by atoms with Crippen LogP contribution in [0.15, 0.2) is 12.4 Å². The molecule has 3 rings (SSSR count). The van der Waals surface area contributed by atoms with Gasteiger partial charge in [-0.1, -0.05) is 6.92 Å². The minimum atomic E-state index is 0.114. The van der Waals surface area contributed by atoms with Crippen molar-refractivity contribution in [3.8, 4) is 0 Å². The fraction of sp³-hybridized carbons (Fsp3) is 0.538. The van der Waals surface area contributed by atoms with E-state index >= 15 is 0 Å². The molecule has 1 aliphatic heterocycles. The molecule has 7 heteroatoms. The number of likely N-dealkylation sites (tertiary alicyclic amines) is 1. The number of aromatic nitrogens is 4.